The van der Waals surface area contributed by atoms with Gasteiger partial charge in [0.2, 0.25) is 11.5 Å². The van der Waals surface area contributed by atoms with Crippen molar-refractivity contribution in [1.29, 1.82) is 0 Å². The molecule has 0 aromatic heterocycles. The molecular weight excluding hydrogens is 444 g/mol. The molecule has 0 unspecified atom stereocenters. The van der Waals surface area contributed by atoms with Crippen LogP contribution in [0.2, 0.25) is 0 Å². The Hall–Kier alpha value is -2.96. The van der Waals surface area contributed by atoms with Gasteiger partial charge >= 0.3 is 11.4 Å². The van der Waals surface area contributed by atoms with E-state index >= 15 is 0 Å². The molecule has 0 heterocycles. The first-order valence-electron chi connectivity index (χ1n) is 13.2. The van der Waals surface area contributed by atoms with Gasteiger partial charge in [0, 0.05) is 12.1 Å². The van der Waals surface area contributed by atoms with Gasteiger partial charge in [0.1, 0.15) is 0 Å². The third-order valence-electron chi connectivity index (χ3n) is 6.30. The van der Waals surface area contributed by atoms with Crippen molar-refractivity contribution in [1.82, 2.24) is 0 Å². The summed E-state index contributed by atoms with van der Waals surface area (Å²) in [5.74, 6) is 0.0435. The van der Waals surface area contributed by atoms with Gasteiger partial charge in [-0.2, -0.15) is 0 Å². The highest BCUT2D eigenvalue weighted by Gasteiger charge is 2.22. The predicted octanol–water partition coefficient (Wildman–Crippen LogP) is 9.10. The monoisotopic (exact) mass is 484 g/mol. The van der Waals surface area contributed by atoms with Crippen molar-refractivity contribution in [3.8, 4) is 11.5 Å². The van der Waals surface area contributed by atoms with Gasteiger partial charge in [-0.3, -0.25) is 20.2 Å². The molecule has 0 radical (unpaired) electrons. The van der Waals surface area contributed by atoms with Crippen LogP contribution in [0.5, 0.6) is 11.5 Å². The van der Waals surface area contributed by atoms with Crippen LogP contribution in [-0.4, -0.2) is 9.85 Å². The van der Waals surface area contributed by atoms with E-state index in [1.165, 1.54) is 63.5 Å². The van der Waals surface area contributed by atoms with E-state index in [-0.39, 0.29) is 22.9 Å². The molecule has 35 heavy (non-hydrogen) atoms. The predicted molar refractivity (Wildman–Crippen MR) is 140 cm³/mol. The quantitative estimate of drug-likeness (QED) is 0.119. The molecular formula is C28H40N2O5. The smallest absolute Gasteiger partial charge is 0.311 e. The Balaban J connectivity index is 2.05. The number of hydrogen-bond donors (Lipinski definition) is 0. The van der Waals surface area contributed by atoms with E-state index < -0.39 is 9.85 Å². The maximum absolute atomic E-state index is 11.7. The molecule has 2 aromatic carbocycles. The highest BCUT2D eigenvalue weighted by molar-refractivity contribution is 5.55. The van der Waals surface area contributed by atoms with Gasteiger partial charge < -0.3 is 4.74 Å². The Labute approximate surface area is 209 Å². The largest absolute Gasteiger partial charge is 0.443 e. The van der Waals surface area contributed by atoms with Crippen LogP contribution in [0.25, 0.3) is 0 Å². The van der Waals surface area contributed by atoms with Crippen molar-refractivity contribution in [2.45, 2.75) is 104 Å². The zero-order valence-corrected chi connectivity index (χ0v) is 21.3. The summed E-state index contributed by atoms with van der Waals surface area (Å²) in [6.07, 6.45) is 15.4. The molecule has 0 saturated heterocycles. The fourth-order valence-corrected chi connectivity index (χ4v) is 4.23. The van der Waals surface area contributed by atoms with Crippen LogP contribution in [0.1, 0.15) is 102 Å². The van der Waals surface area contributed by atoms with E-state index in [1.54, 1.807) is 12.1 Å². The molecule has 0 fully saturated rings. The zero-order valence-electron chi connectivity index (χ0n) is 21.3. The molecule has 0 aliphatic carbocycles. The number of aryl methyl sites for hydroxylation is 2. The van der Waals surface area contributed by atoms with Crippen LogP contribution in [0, 0.1) is 20.2 Å². The van der Waals surface area contributed by atoms with Gasteiger partial charge in [-0.05, 0) is 48.9 Å². The summed E-state index contributed by atoms with van der Waals surface area (Å²) in [4.78, 5) is 22.4. The molecule has 2 rings (SSSR count). The fraction of sp³-hybridized carbons (Fsp3) is 0.571. The van der Waals surface area contributed by atoms with Crippen LogP contribution in [0.4, 0.5) is 11.4 Å². The second kappa shape index (κ2) is 15.8. The van der Waals surface area contributed by atoms with Gasteiger partial charge in [-0.25, -0.2) is 0 Å². The lowest BCUT2D eigenvalue weighted by atomic mass is 10.0. The SMILES string of the molecule is CCCCCCCCc1ccc(Oc2ccc(CCCCCCCC)cc2[N+](=O)[O-])c([N+](=O)[O-])c1. The van der Waals surface area contributed by atoms with Crippen LogP contribution >= 0.6 is 0 Å². The highest BCUT2D eigenvalue weighted by atomic mass is 16.6. The van der Waals surface area contributed by atoms with Crippen molar-refractivity contribution < 1.29 is 14.6 Å². The topological polar surface area (TPSA) is 95.5 Å². The minimum Gasteiger partial charge on any atom is -0.443 e. The first-order valence-corrected chi connectivity index (χ1v) is 13.2. The van der Waals surface area contributed by atoms with Crippen LogP contribution < -0.4 is 4.74 Å². The molecule has 7 heteroatoms. The first kappa shape index (κ1) is 28.3. The number of hydrogen-bond acceptors (Lipinski definition) is 5. The Morgan fingerprint density at radius 1 is 0.600 bits per heavy atom. The van der Waals surface area contributed by atoms with E-state index in [0.29, 0.717) is 0 Å². The molecule has 2 aromatic rings. The zero-order chi connectivity index (χ0) is 25.5. The Morgan fingerprint density at radius 3 is 1.34 bits per heavy atom. The third-order valence-corrected chi connectivity index (χ3v) is 6.30. The summed E-state index contributed by atoms with van der Waals surface area (Å²) in [6, 6.07) is 9.79. The molecule has 192 valence electrons. The van der Waals surface area contributed by atoms with E-state index in [2.05, 4.69) is 13.8 Å². The van der Waals surface area contributed by atoms with Gasteiger partial charge in [-0.1, -0.05) is 90.2 Å². The summed E-state index contributed by atoms with van der Waals surface area (Å²) in [6.45, 7) is 4.37. The Kier molecular flexibility index (Phi) is 12.8. The number of nitro groups is 2. The highest BCUT2D eigenvalue weighted by Crippen LogP contribution is 2.37. The average Bonchev–Trinajstić information content (AvgIpc) is 2.84. The number of rotatable bonds is 18. The molecule has 0 saturated carbocycles. The lowest BCUT2D eigenvalue weighted by Gasteiger charge is -2.10. The minimum atomic E-state index is -0.487. The van der Waals surface area contributed by atoms with E-state index in [4.69, 9.17) is 4.74 Å². The standard InChI is InChI=1S/C28H40N2O5/c1-3-5-7-9-11-13-15-23-17-19-27(25(21-23)29(31)32)35-28-20-18-24(22-26(28)30(33)34)16-14-12-10-8-6-4-2/h17-22H,3-16H2,1-2H3. The molecule has 0 spiro atoms. The lowest BCUT2D eigenvalue weighted by Crippen LogP contribution is -1.99. The second-order valence-electron chi connectivity index (χ2n) is 9.26. The number of benzene rings is 2. The molecule has 0 aliphatic rings. The number of unbranched alkanes of at least 4 members (excludes halogenated alkanes) is 10. The molecule has 0 N–H and O–H groups in total. The van der Waals surface area contributed by atoms with Gasteiger partial charge in [-0.15, -0.1) is 0 Å². The van der Waals surface area contributed by atoms with Crippen molar-refractivity contribution in [2.75, 3.05) is 0 Å². The van der Waals surface area contributed by atoms with Crippen LogP contribution in [-0.2, 0) is 12.8 Å². The minimum absolute atomic E-state index is 0.0217. The number of nitrogens with zero attached hydrogens (tertiary/aromatic N) is 2. The van der Waals surface area contributed by atoms with Crippen LogP contribution in [0.15, 0.2) is 36.4 Å². The first-order chi connectivity index (χ1) is 17.0. The lowest BCUT2D eigenvalue weighted by molar-refractivity contribution is -0.387. The Morgan fingerprint density at radius 2 is 0.971 bits per heavy atom. The van der Waals surface area contributed by atoms with Crippen molar-refractivity contribution in [3.05, 3.63) is 67.8 Å². The molecule has 0 atom stereocenters. The summed E-state index contributed by atoms with van der Waals surface area (Å²) in [5, 5.41) is 23.4. The van der Waals surface area contributed by atoms with Crippen molar-refractivity contribution in [3.63, 3.8) is 0 Å². The van der Waals surface area contributed by atoms with Gasteiger partial charge in [0.15, 0.2) is 0 Å². The third kappa shape index (κ3) is 10.0. The normalized spacial score (nSPS) is 10.9. The van der Waals surface area contributed by atoms with Crippen molar-refractivity contribution in [2.24, 2.45) is 0 Å². The maximum Gasteiger partial charge on any atom is 0.311 e. The maximum atomic E-state index is 11.7. The molecule has 0 amide bonds. The Bertz CT molecular complexity index is 869. The van der Waals surface area contributed by atoms with E-state index in [1.807, 2.05) is 12.1 Å². The average molecular weight is 485 g/mol. The van der Waals surface area contributed by atoms with E-state index in [9.17, 15) is 20.2 Å². The van der Waals surface area contributed by atoms with Gasteiger partial charge in [0.05, 0.1) is 9.85 Å². The fourth-order valence-electron chi connectivity index (χ4n) is 4.23. The molecule has 7 nitrogen and oxygen atoms in total. The summed E-state index contributed by atoms with van der Waals surface area (Å²) in [7, 11) is 0. The van der Waals surface area contributed by atoms with Gasteiger partial charge in [0.25, 0.3) is 0 Å². The summed E-state index contributed by atoms with van der Waals surface area (Å²) in [5.41, 5.74) is 1.42. The van der Waals surface area contributed by atoms with E-state index in [0.717, 1.165) is 49.7 Å². The van der Waals surface area contributed by atoms with Crippen LogP contribution in [0.3, 0.4) is 0 Å². The molecule has 0 bridgehead atoms. The van der Waals surface area contributed by atoms with Crippen molar-refractivity contribution >= 4 is 11.4 Å². The number of ether oxygens (including phenoxy) is 1. The summed E-state index contributed by atoms with van der Waals surface area (Å²) < 4.78 is 5.73. The summed E-state index contributed by atoms with van der Waals surface area (Å²) >= 11 is 0. The second-order valence-corrected chi connectivity index (χ2v) is 9.26. The number of nitro benzene ring substituents is 2. The molecule has 0 aliphatic heterocycles.